The molecule has 4 rings (SSSR count). The van der Waals surface area contributed by atoms with E-state index in [-0.39, 0.29) is 0 Å². The van der Waals surface area contributed by atoms with Crippen LogP contribution in [0.25, 0.3) is 11.3 Å². The van der Waals surface area contributed by atoms with E-state index in [9.17, 15) is 8.42 Å². The first kappa shape index (κ1) is 17.0. The molecule has 2 saturated heterocycles. The maximum Gasteiger partial charge on any atom is 0.243 e. The number of ether oxygens (including phenoxy) is 1. The van der Waals surface area contributed by atoms with Crippen LogP contribution >= 0.6 is 11.3 Å². The van der Waals surface area contributed by atoms with Gasteiger partial charge in [0, 0.05) is 37.1 Å². The number of aromatic nitrogens is 1. The van der Waals surface area contributed by atoms with Crippen molar-refractivity contribution in [1.82, 2.24) is 9.29 Å². The average molecular weight is 380 g/mol. The molecule has 0 saturated carbocycles. The van der Waals surface area contributed by atoms with Gasteiger partial charge in [0.2, 0.25) is 10.0 Å². The summed E-state index contributed by atoms with van der Waals surface area (Å²) in [6, 6.07) is 7.04. The number of sulfonamides is 1. The highest BCUT2D eigenvalue weighted by atomic mass is 32.2. The van der Waals surface area contributed by atoms with Crippen LogP contribution in [-0.2, 0) is 14.8 Å². The van der Waals surface area contributed by atoms with Gasteiger partial charge in [0.15, 0.2) is 5.13 Å². The molecule has 8 heteroatoms. The molecule has 2 aliphatic rings. The van der Waals surface area contributed by atoms with E-state index in [1.54, 1.807) is 23.5 Å². The number of rotatable bonds is 4. The largest absolute Gasteiger partial charge is 0.379 e. The van der Waals surface area contributed by atoms with Gasteiger partial charge in [-0.1, -0.05) is 12.1 Å². The molecular weight excluding hydrogens is 358 g/mol. The van der Waals surface area contributed by atoms with E-state index < -0.39 is 10.0 Å². The first-order chi connectivity index (χ1) is 12.1. The van der Waals surface area contributed by atoms with Gasteiger partial charge < -0.3 is 9.64 Å². The minimum Gasteiger partial charge on any atom is -0.379 e. The van der Waals surface area contributed by atoms with Gasteiger partial charge >= 0.3 is 0 Å². The van der Waals surface area contributed by atoms with Gasteiger partial charge in [-0.2, -0.15) is 4.31 Å². The standard InChI is InChI=1S/C17H21N3O3S2/c21-25(22,20-9-11-23-12-10-20)15-5-3-14(4-6-15)16-13-24-17(18-16)19-7-1-2-8-19/h3-6,13H,1-2,7-12H2. The van der Waals surface area contributed by atoms with Crippen molar-refractivity contribution >= 4 is 26.5 Å². The van der Waals surface area contributed by atoms with Crippen LogP contribution in [-0.4, -0.2) is 57.1 Å². The van der Waals surface area contributed by atoms with Gasteiger partial charge in [-0.05, 0) is 25.0 Å². The Morgan fingerprint density at radius 2 is 1.68 bits per heavy atom. The van der Waals surface area contributed by atoms with E-state index in [2.05, 4.69) is 4.90 Å². The molecule has 0 amide bonds. The molecule has 3 heterocycles. The minimum absolute atomic E-state index is 0.327. The first-order valence-corrected chi connectivity index (χ1v) is 10.9. The lowest BCUT2D eigenvalue weighted by Crippen LogP contribution is -2.40. The molecule has 0 spiro atoms. The number of anilines is 1. The van der Waals surface area contributed by atoms with Crippen molar-refractivity contribution in [3.8, 4) is 11.3 Å². The molecular formula is C17H21N3O3S2. The summed E-state index contributed by atoms with van der Waals surface area (Å²) in [6.07, 6.45) is 2.45. The predicted molar refractivity (Wildman–Crippen MR) is 98.6 cm³/mol. The molecule has 2 fully saturated rings. The number of hydrogen-bond donors (Lipinski definition) is 0. The zero-order chi connectivity index (χ0) is 17.3. The van der Waals surface area contributed by atoms with Gasteiger partial charge in [0.05, 0.1) is 23.8 Å². The highest BCUT2D eigenvalue weighted by Gasteiger charge is 2.26. The number of thiazole rings is 1. The minimum atomic E-state index is -3.44. The van der Waals surface area contributed by atoms with Gasteiger partial charge in [-0.25, -0.2) is 13.4 Å². The molecule has 0 aliphatic carbocycles. The number of benzene rings is 1. The monoisotopic (exact) mass is 379 g/mol. The molecule has 0 unspecified atom stereocenters. The molecule has 25 heavy (non-hydrogen) atoms. The molecule has 0 atom stereocenters. The summed E-state index contributed by atoms with van der Waals surface area (Å²) in [4.78, 5) is 7.35. The third-order valence-corrected chi connectivity index (χ3v) is 7.44. The van der Waals surface area contributed by atoms with Crippen molar-refractivity contribution in [2.75, 3.05) is 44.3 Å². The van der Waals surface area contributed by atoms with E-state index in [1.165, 1.54) is 17.1 Å². The second kappa shape index (κ2) is 7.03. The van der Waals surface area contributed by atoms with Gasteiger partial charge in [0.1, 0.15) is 0 Å². The number of morpholine rings is 1. The smallest absolute Gasteiger partial charge is 0.243 e. The predicted octanol–water partition coefficient (Wildman–Crippen LogP) is 2.43. The Labute approximate surface area is 152 Å². The van der Waals surface area contributed by atoms with E-state index in [1.807, 2.05) is 17.5 Å². The fourth-order valence-corrected chi connectivity index (χ4v) is 5.48. The lowest BCUT2D eigenvalue weighted by Gasteiger charge is -2.26. The molecule has 0 radical (unpaired) electrons. The van der Waals surface area contributed by atoms with E-state index in [0.29, 0.717) is 31.2 Å². The van der Waals surface area contributed by atoms with Crippen LogP contribution in [0.2, 0.25) is 0 Å². The van der Waals surface area contributed by atoms with Gasteiger partial charge in [0.25, 0.3) is 0 Å². The average Bonchev–Trinajstić information content (AvgIpc) is 3.34. The van der Waals surface area contributed by atoms with Crippen LogP contribution in [0.3, 0.4) is 0 Å². The molecule has 1 aromatic heterocycles. The van der Waals surface area contributed by atoms with Crippen molar-refractivity contribution in [2.24, 2.45) is 0 Å². The number of hydrogen-bond acceptors (Lipinski definition) is 6. The van der Waals surface area contributed by atoms with E-state index in [0.717, 1.165) is 29.5 Å². The van der Waals surface area contributed by atoms with Crippen LogP contribution in [0.4, 0.5) is 5.13 Å². The molecule has 2 aliphatic heterocycles. The van der Waals surface area contributed by atoms with Crippen molar-refractivity contribution < 1.29 is 13.2 Å². The Hall–Kier alpha value is -1.48. The Bertz CT molecular complexity index is 821. The Morgan fingerprint density at radius 3 is 2.36 bits per heavy atom. The number of nitrogens with zero attached hydrogens (tertiary/aromatic N) is 3. The topological polar surface area (TPSA) is 62.7 Å². The van der Waals surface area contributed by atoms with Crippen molar-refractivity contribution in [1.29, 1.82) is 0 Å². The normalized spacial score (nSPS) is 19.4. The van der Waals surface area contributed by atoms with Crippen molar-refractivity contribution in [3.05, 3.63) is 29.6 Å². The van der Waals surface area contributed by atoms with E-state index >= 15 is 0 Å². The summed E-state index contributed by atoms with van der Waals surface area (Å²) < 4.78 is 32.0. The molecule has 6 nitrogen and oxygen atoms in total. The quantitative estimate of drug-likeness (QED) is 0.816. The van der Waals surface area contributed by atoms with Crippen molar-refractivity contribution in [2.45, 2.75) is 17.7 Å². The third kappa shape index (κ3) is 3.44. The summed E-state index contributed by atoms with van der Waals surface area (Å²) in [5.74, 6) is 0. The SMILES string of the molecule is O=S(=O)(c1ccc(-c2csc(N3CCCC3)n2)cc1)N1CCOCC1. The summed E-state index contributed by atoms with van der Waals surface area (Å²) in [7, 11) is -3.44. The summed E-state index contributed by atoms with van der Waals surface area (Å²) in [5, 5.41) is 3.09. The maximum atomic E-state index is 12.7. The fourth-order valence-electron chi connectivity index (χ4n) is 3.18. The highest BCUT2D eigenvalue weighted by Crippen LogP contribution is 2.30. The molecule has 1 aromatic carbocycles. The Balaban J connectivity index is 1.53. The first-order valence-electron chi connectivity index (χ1n) is 8.53. The lowest BCUT2D eigenvalue weighted by atomic mass is 10.2. The van der Waals surface area contributed by atoms with Crippen LogP contribution in [0.5, 0.6) is 0 Å². The third-order valence-electron chi connectivity index (χ3n) is 4.63. The second-order valence-corrected chi connectivity index (χ2v) is 9.02. The second-order valence-electron chi connectivity index (χ2n) is 6.25. The van der Waals surface area contributed by atoms with Crippen LogP contribution in [0.15, 0.2) is 34.5 Å². The van der Waals surface area contributed by atoms with E-state index in [4.69, 9.17) is 9.72 Å². The summed E-state index contributed by atoms with van der Waals surface area (Å²) in [6.45, 7) is 3.88. The van der Waals surface area contributed by atoms with Crippen LogP contribution in [0.1, 0.15) is 12.8 Å². The van der Waals surface area contributed by atoms with Gasteiger partial charge in [-0.15, -0.1) is 11.3 Å². The lowest BCUT2D eigenvalue weighted by molar-refractivity contribution is 0.0730. The van der Waals surface area contributed by atoms with Gasteiger partial charge in [-0.3, -0.25) is 0 Å². The maximum absolute atomic E-state index is 12.7. The zero-order valence-corrected chi connectivity index (χ0v) is 15.6. The molecule has 0 bridgehead atoms. The van der Waals surface area contributed by atoms with Crippen molar-refractivity contribution in [3.63, 3.8) is 0 Å². The summed E-state index contributed by atoms with van der Waals surface area (Å²) >= 11 is 1.65. The van der Waals surface area contributed by atoms with Crippen LogP contribution < -0.4 is 4.90 Å². The Kier molecular flexibility index (Phi) is 4.77. The summed E-state index contributed by atoms with van der Waals surface area (Å²) in [5.41, 5.74) is 1.85. The molecule has 2 aromatic rings. The zero-order valence-electron chi connectivity index (χ0n) is 13.9. The van der Waals surface area contributed by atoms with Crippen LogP contribution in [0, 0.1) is 0 Å². The molecule has 0 N–H and O–H groups in total. The Morgan fingerprint density at radius 1 is 1.00 bits per heavy atom. The highest BCUT2D eigenvalue weighted by molar-refractivity contribution is 7.89. The molecule has 134 valence electrons. The fraction of sp³-hybridized carbons (Fsp3) is 0.471.